The van der Waals surface area contributed by atoms with Crippen LogP contribution in [0.1, 0.15) is 79.6 Å². The Kier molecular flexibility index (Phi) is 4.79. The van der Waals surface area contributed by atoms with E-state index in [0.717, 1.165) is 18.9 Å². The summed E-state index contributed by atoms with van der Waals surface area (Å²) in [5, 5.41) is 10.4. The molecule has 1 aliphatic carbocycles. The van der Waals surface area contributed by atoms with E-state index in [9.17, 15) is 9.90 Å². The Bertz CT molecular complexity index is 469. The molecule has 0 radical (unpaired) electrons. The predicted molar refractivity (Wildman–Crippen MR) is 97.5 cm³/mol. The van der Waals surface area contributed by atoms with Gasteiger partial charge in [0.05, 0.1) is 12.1 Å². The molecular weight excluding hydrogens is 298 g/mol. The molecular formula is C21H37NO2. The van der Waals surface area contributed by atoms with Crippen LogP contribution in [0.25, 0.3) is 0 Å². The van der Waals surface area contributed by atoms with Gasteiger partial charge in [-0.05, 0) is 54.8 Å². The van der Waals surface area contributed by atoms with Crippen LogP contribution in [0, 0.1) is 28.6 Å². The van der Waals surface area contributed by atoms with E-state index in [1.165, 1.54) is 38.5 Å². The Morgan fingerprint density at radius 2 is 1.62 bits per heavy atom. The van der Waals surface area contributed by atoms with Crippen LogP contribution < -0.4 is 0 Å². The summed E-state index contributed by atoms with van der Waals surface area (Å²) < 4.78 is 0. The topological polar surface area (TPSA) is 40.5 Å². The van der Waals surface area contributed by atoms with E-state index in [0.29, 0.717) is 17.2 Å². The minimum atomic E-state index is -0.326. The zero-order valence-electron chi connectivity index (χ0n) is 16.3. The average molecular weight is 336 g/mol. The van der Waals surface area contributed by atoms with E-state index in [-0.39, 0.29) is 23.5 Å². The molecule has 0 aromatic heterocycles. The van der Waals surface area contributed by atoms with Crippen LogP contribution >= 0.6 is 0 Å². The first-order chi connectivity index (χ1) is 11.1. The van der Waals surface area contributed by atoms with Crippen LogP contribution in [0.15, 0.2) is 0 Å². The fraction of sp³-hybridized carbons (Fsp3) is 0.952. The van der Waals surface area contributed by atoms with Crippen molar-refractivity contribution >= 4 is 5.91 Å². The molecule has 1 amide bonds. The summed E-state index contributed by atoms with van der Waals surface area (Å²) in [5.41, 5.74) is 0.308. The van der Waals surface area contributed by atoms with E-state index in [2.05, 4.69) is 34.6 Å². The number of hydrogen-bond donors (Lipinski definition) is 1. The highest BCUT2D eigenvalue weighted by molar-refractivity contribution is 5.83. The number of aliphatic hydroxyl groups is 1. The molecule has 0 aromatic rings. The second-order valence-corrected chi connectivity index (χ2v) is 10.3. The first-order valence-corrected chi connectivity index (χ1v) is 10.1. The van der Waals surface area contributed by atoms with Crippen molar-refractivity contribution < 1.29 is 9.90 Å². The van der Waals surface area contributed by atoms with Gasteiger partial charge in [0.2, 0.25) is 5.91 Å². The zero-order valence-corrected chi connectivity index (χ0v) is 16.3. The second-order valence-electron chi connectivity index (χ2n) is 10.3. The van der Waals surface area contributed by atoms with Gasteiger partial charge in [-0.25, -0.2) is 0 Å². The monoisotopic (exact) mass is 335 g/mol. The number of rotatable bonds is 1. The van der Waals surface area contributed by atoms with Crippen molar-refractivity contribution in [3.8, 4) is 0 Å². The highest BCUT2D eigenvalue weighted by Crippen LogP contribution is 2.52. The van der Waals surface area contributed by atoms with Crippen molar-refractivity contribution in [3.63, 3.8) is 0 Å². The molecule has 2 saturated heterocycles. The number of carbonyl (C=O) groups excluding carboxylic acids is 1. The lowest BCUT2D eigenvalue weighted by Crippen LogP contribution is -2.41. The maximum absolute atomic E-state index is 13.1. The highest BCUT2D eigenvalue weighted by Gasteiger charge is 2.59. The standard InChI is InChI=1S/C21H37NO2/c1-20(2,3)15-10-6-8-14(9-7-11-15)17-19(24)22-13-12-16(23)18(22)21(17,4)5/h14-18,23H,6-13H2,1-5H3/t14?,15?,16-,17?,18?/m1/s1. The third kappa shape index (κ3) is 3.02. The van der Waals surface area contributed by atoms with Gasteiger partial charge in [-0.15, -0.1) is 0 Å². The molecule has 2 unspecified atom stereocenters. The summed E-state index contributed by atoms with van der Waals surface area (Å²) in [5.74, 6) is 1.77. The molecule has 2 heterocycles. The number of nitrogens with zero attached hydrogens (tertiary/aromatic N) is 1. The van der Waals surface area contributed by atoms with Gasteiger partial charge in [-0.1, -0.05) is 47.5 Å². The average Bonchev–Trinajstić information content (AvgIpc) is 2.89. The number of aliphatic hydroxyl groups excluding tert-OH is 1. The highest BCUT2D eigenvalue weighted by atomic mass is 16.3. The fourth-order valence-electron chi connectivity index (χ4n) is 6.15. The van der Waals surface area contributed by atoms with Gasteiger partial charge in [-0.3, -0.25) is 4.79 Å². The molecule has 3 aliphatic rings. The van der Waals surface area contributed by atoms with Gasteiger partial charge in [0.15, 0.2) is 0 Å². The van der Waals surface area contributed by atoms with Gasteiger partial charge in [0, 0.05) is 12.5 Å². The maximum Gasteiger partial charge on any atom is 0.226 e. The van der Waals surface area contributed by atoms with Crippen LogP contribution in [0.3, 0.4) is 0 Å². The summed E-state index contributed by atoms with van der Waals surface area (Å²) in [6.07, 6.45) is 7.90. The van der Waals surface area contributed by atoms with Crippen LogP contribution in [0.2, 0.25) is 0 Å². The molecule has 1 saturated carbocycles. The number of carbonyl (C=O) groups is 1. The minimum Gasteiger partial charge on any atom is -0.391 e. The van der Waals surface area contributed by atoms with Crippen molar-refractivity contribution in [1.29, 1.82) is 0 Å². The molecule has 0 bridgehead atoms. The van der Waals surface area contributed by atoms with E-state index in [1.54, 1.807) is 0 Å². The number of amides is 1. The molecule has 3 fully saturated rings. The van der Waals surface area contributed by atoms with E-state index >= 15 is 0 Å². The Hall–Kier alpha value is -0.570. The summed E-state index contributed by atoms with van der Waals surface area (Å²) in [7, 11) is 0. The quantitative estimate of drug-likeness (QED) is 0.779. The van der Waals surface area contributed by atoms with Gasteiger partial charge in [-0.2, -0.15) is 0 Å². The Labute approximate surface area is 148 Å². The van der Waals surface area contributed by atoms with Crippen molar-refractivity contribution in [3.05, 3.63) is 0 Å². The van der Waals surface area contributed by atoms with Crippen molar-refractivity contribution in [2.45, 2.75) is 91.7 Å². The van der Waals surface area contributed by atoms with Gasteiger partial charge < -0.3 is 10.0 Å². The minimum absolute atomic E-state index is 0.0442. The summed E-state index contributed by atoms with van der Waals surface area (Å²) in [6.45, 7) is 12.3. The van der Waals surface area contributed by atoms with Gasteiger partial charge >= 0.3 is 0 Å². The third-order valence-electron chi connectivity index (χ3n) is 7.43. The molecule has 2 aliphatic heterocycles. The summed E-state index contributed by atoms with van der Waals surface area (Å²) in [4.78, 5) is 15.1. The normalized spacial score (nSPS) is 40.3. The second kappa shape index (κ2) is 6.30. The molecule has 0 spiro atoms. The first kappa shape index (κ1) is 18.2. The van der Waals surface area contributed by atoms with E-state index in [4.69, 9.17) is 0 Å². The van der Waals surface area contributed by atoms with Crippen LogP contribution in [-0.2, 0) is 4.79 Å². The molecule has 138 valence electrons. The summed E-state index contributed by atoms with van der Waals surface area (Å²) >= 11 is 0. The Morgan fingerprint density at radius 3 is 2.12 bits per heavy atom. The van der Waals surface area contributed by atoms with Crippen molar-refractivity contribution in [2.24, 2.45) is 28.6 Å². The van der Waals surface area contributed by atoms with Crippen LogP contribution in [-0.4, -0.2) is 34.6 Å². The summed E-state index contributed by atoms with van der Waals surface area (Å²) in [6, 6.07) is 0.0442. The molecule has 3 rings (SSSR count). The van der Waals surface area contributed by atoms with E-state index < -0.39 is 0 Å². The van der Waals surface area contributed by atoms with E-state index in [1.807, 2.05) is 4.90 Å². The number of fused-ring (bicyclic) bond motifs is 1. The van der Waals surface area contributed by atoms with Crippen molar-refractivity contribution in [2.75, 3.05) is 6.54 Å². The van der Waals surface area contributed by atoms with Gasteiger partial charge in [0.25, 0.3) is 0 Å². The smallest absolute Gasteiger partial charge is 0.226 e. The Morgan fingerprint density at radius 1 is 1.04 bits per heavy atom. The first-order valence-electron chi connectivity index (χ1n) is 10.1. The zero-order chi connectivity index (χ0) is 17.7. The van der Waals surface area contributed by atoms with Crippen molar-refractivity contribution in [1.82, 2.24) is 4.90 Å². The molecule has 24 heavy (non-hydrogen) atoms. The largest absolute Gasteiger partial charge is 0.391 e. The fourth-order valence-corrected chi connectivity index (χ4v) is 6.15. The SMILES string of the molecule is CC(C)(C)C1CCCC(C2C(=O)N3CC[C@@H](O)C3C2(C)C)CCC1. The lowest BCUT2D eigenvalue weighted by atomic mass is 9.65. The molecule has 3 atom stereocenters. The van der Waals surface area contributed by atoms with Gasteiger partial charge in [0.1, 0.15) is 0 Å². The predicted octanol–water partition coefficient (Wildman–Crippen LogP) is 4.24. The Balaban J connectivity index is 1.72. The number of hydrogen-bond acceptors (Lipinski definition) is 2. The molecule has 3 nitrogen and oxygen atoms in total. The van der Waals surface area contributed by atoms with Crippen LogP contribution in [0.4, 0.5) is 0 Å². The molecule has 1 N–H and O–H groups in total. The lowest BCUT2D eigenvalue weighted by Gasteiger charge is -2.38. The molecule has 0 aromatic carbocycles. The lowest BCUT2D eigenvalue weighted by molar-refractivity contribution is -0.133. The third-order valence-corrected chi connectivity index (χ3v) is 7.43. The molecule has 3 heteroatoms. The maximum atomic E-state index is 13.1. The van der Waals surface area contributed by atoms with Crippen LogP contribution in [0.5, 0.6) is 0 Å².